The number of hydrogen-bond donors (Lipinski definition) is 1. The Morgan fingerprint density at radius 3 is 2.62 bits per heavy atom. The van der Waals surface area contributed by atoms with Gasteiger partial charge in [-0.05, 0) is 38.8 Å². The SMILES string of the molecule is CC(=O)N1CCC2(CCN(c3cc(C(F)F)cc4cnc(Nc5cnn(C(C)C)c5)nc34)C2)C1. The van der Waals surface area contributed by atoms with Crippen LogP contribution in [0.5, 0.6) is 0 Å². The number of nitrogens with zero attached hydrogens (tertiary/aromatic N) is 6. The van der Waals surface area contributed by atoms with Gasteiger partial charge in [0.05, 0.1) is 23.1 Å². The van der Waals surface area contributed by atoms with Crippen molar-refractivity contribution in [3.63, 3.8) is 0 Å². The molecular weight excluding hydrogens is 440 g/mol. The highest BCUT2D eigenvalue weighted by Gasteiger charge is 2.44. The fourth-order valence-electron chi connectivity index (χ4n) is 5.07. The van der Waals surface area contributed by atoms with Crippen molar-refractivity contribution in [3.8, 4) is 0 Å². The molecule has 2 aliphatic heterocycles. The van der Waals surface area contributed by atoms with E-state index in [0.717, 1.165) is 31.6 Å². The minimum absolute atomic E-state index is 0.00162. The number of hydrogen-bond acceptors (Lipinski definition) is 6. The van der Waals surface area contributed by atoms with Gasteiger partial charge in [-0.2, -0.15) is 5.10 Å². The molecule has 2 aromatic heterocycles. The number of fused-ring (bicyclic) bond motifs is 1. The first-order valence-electron chi connectivity index (χ1n) is 11.6. The van der Waals surface area contributed by atoms with E-state index in [4.69, 9.17) is 4.98 Å². The van der Waals surface area contributed by atoms with Crippen molar-refractivity contribution in [2.24, 2.45) is 5.41 Å². The summed E-state index contributed by atoms with van der Waals surface area (Å²) in [6, 6.07) is 3.24. The van der Waals surface area contributed by atoms with Crippen molar-refractivity contribution in [1.29, 1.82) is 0 Å². The Labute approximate surface area is 197 Å². The highest BCUT2D eigenvalue weighted by Crippen LogP contribution is 2.43. The first kappa shape index (κ1) is 22.5. The van der Waals surface area contributed by atoms with Gasteiger partial charge in [0.25, 0.3) is 6.43 Å². The van der Waals surface area contributed by atoms with Crippen molar-refractivity contribution < 1.29 is 13.6 Å². The van der Waals surface area contributed by atoms with Gasteiger partial charge in [-0.3, -0.25) is 9.48 Å². The Kier molecular flexibility index (Phi) is 5.61. The molecule has 2 aliphatic rings. The molecule has 0 saturated carbocycles. The van der Waals surface area contributed by atoms with Gasteiger partial charge in [-0.25, -0.2) is 18.7 Å². The summed E-state index contributed by atoms with van der Waals surface area (Å²) in [4.78, 5) is 25.0. The van der Waals surface area contributed by atoms with E-state index in [9.17, 15) is 13.6 Å². The van der Waals surface area contributed by atoms with Gasteiger partial charge >= 0.3 is 0 Å². The zero-order chi connectivity index (χ0) is 24.0. The Morgan fingerprint density at radius 1 is 1.15 bits per heavy atom. The van der Waals surface area contributed by atoms with Gasteiger partial charge in [0.1, 0.15) is 0 Å². The smallest absolute Gasteiger partial charge is 0.263 e. The van der Waals surface area contributed by atoms with Crippen LogP contribution < -0.4 is 10.2 Å². The minimum Gasteiger partial charge on any atom is -0.369 e. The zero-order valence-corrected chi connectivity index (χ0v) is 19.6. The molecule has 34 heavy (non-hydrogen) atoms. The third-order valence-electron chi connectivity index (χ3n) is 6.99. The molecule has 0 aliphatic carbocycles. The van der Waals surface area contributed by atoms with Crippen molar-refractivity contribution >= 4 is 34.1 Å². The van der Waals surface area contributed by atoms with Crippen LogP contribution in [0.25, 0.3) is 10.9 Å². The first-order valence-corrected chi connectivity index (χ1v) is 11.6. The van der Waals surface area contributed by atoms with Crippen molar-refractivity contribution in [2.75, 3.05) is 36.4 Å². The van der Waals surface area contributed by atoms with E-state index in [-0.39, 0.29) is 22.9 Å². The molecule has 1 unspecified atom stereocenters. The van der Waals surface area contributed by atoms with Crippen LogP contribution in [0.2, 0.25) is 0 Å². The van der Waals surface area contributed by atoms with E-state index in [1.165, 1.54) is 6.07 Å². The third-order valence-corrected chi connectivity index (χ3v) is 6.99. The largest absolute Gasteiger partial charge is 0.369 e. The van der Waals surface area contributed by atoms with E-state index in [1.807, 2.05) is 29.6 Å². The van der Waals surface area contributed by atoms with E-state index in [2.05, 4.69) is 20.3 Å². The summed E-state index contributed by atoms with van der Waals surface area (Å²) in [5.74, 6) is 0.476. The van der Waals surface area contributed by atoms with E-state index in [0.29, 0.717) is 35.6 Å². The van der Waals surface area contributed by atoms with Crippen molar-refractivity contribution in [3.05, 3.63) is 36.3 Å². The fraction of sp³-hybridized carbons (Fsp3) is 0.500. The van der Waals surface area contributed by atoms with Crippen LogP contribution >= 0.6 is 0 Å². The molecule has 1 aromatic carbocycles. The van der Waals surface area contributed by atoms with E-state index in [1.54, 1.807) is 25.4 Å². The molecule has 1 spiro atoms. The molecule has 1 amide bonds. The van der Waals surface area contributed by atoms with Gasteiger partial charge in [0, 0.05) is 67.9 Å². The highest BCUT2D eigenvalue weighted by atomic mass is 19.3. The van der Waals surface area contributed by atoms with Crippen LogP contribution in [-0.4, -0.2) is 56.7 Å². The van der Waals surface area contributed by atoms with Gasteiger partial charge < -0.3 is 15.1 Å². The predicted molar refractivity (Wildman–Crippen MR) is 127 cm³/mol. The minimum atomic E-state index is -2.58. The van der Waals surface area contributed by atoms with Gasteiger partial charge in [-0.1, -0.05) is 0 Å². The molecule has 4 heterocycles. The quantitative estimate of drug-likeness (QED) is 0.591. The summed E-state index contributed by atoms with van der Waals surface area (Å²) in [7, 11) is 0. The Morgan fingerprint density at radius 2 is 1.94 bits per heavy atom. The molecule has 180 valence electrons. The lowest BCUT2D eigenvalue weighted by molar-refractivity contribution is -0.128. The molecule has 2 saturated heterocycles. The van der Waals surface area contributed by atoms with Crippen LogP contribution in [0, 0.1) is 5.41 Å². The number of halogens is 2. The number of carbonyl (C=O) groups is 1. The molecular formula is C24H29F2N7O. The molecule has 5 rings (SSSR count). The monoisotopic (exact) mass is 469 g/mol. The maximum atomic E-state index is 13.7. The lowest BCUT2D eigenvalue weighted by atomic mass is 9.86. The number of rotatable bonds is 5. The van der Waals surface area contributed by atoms with Crippen LogP contribution in [0.1, 0.15) is 51.6 Å². The summed E-state index contributed by atoms with van der Waals surface area (Å²) in [5.41, 5.74) is 2.04. The van der Waals surface area contributed by atoms with Gasteiger partial charge in [0.15, 0.2) is 0 Å². The standard InChI is InChI=1S/C24H29F2N7O/c1-15(2)33-12-19(11-28-33)29-23-27-10-18-8-17(22(25)26)9-20(21(18)30-23)32-7-5-24(14-32)4-6-31(13-24)16(3)34/h8-12,15,22H,4-7,13-14H2,1-3H3,(H,27,29,30). The summed E-state index contributed by atoms with van der Waals surface area (Å²) in [6.07, 6.45) is 4.44. The van der Waals surface area contributed by atoms with Gasteiger partial charge in [-0.15, -0.1) is 0 Å². The van der Waals surface area contributed by atoms with Crippen LogP contribution in [0.15, 0.2) is 30.7 Å². The Balaban J connectivity index is 1.48. The van der Waals surface area contributed by atoms with Crippen LogP contribution in [0.3, 0.4) is 0 Å². The molecule has 1 N–H and O–H groups in total. The second-order valence-electron chi connectivity index (χ2n) is 9.76. The average molecular weight is 470 g/mol. The lowest BCUT2D eigenvalue weighted by Gasteiger charge is -2.26. The van der Waals surface area contributed by atoms with Crippen molar-refractivity contribution in [1.82, 2.24) is 24.6 Å². The average Bonchev–Trinajstić information content (AvgIpc) is 3.54. The lowest BCUT2D eigenvalue weighted by Crippen LogP contribution is -2.33. The maximum absolute atomic E-state index is 13.7. The molecule has 10 heteroatoms. The molecule has 3 aromatic rings. The van der Waals surface area contributed by atoms with Crippen molar-refractivity contribution in [2.45, 2.75) is 46.1 Å². The number of carbonyl (C=O) groups excluding carboxylic acids is 1. The molecule has 0 radical (unpaired) electrons. The number of benzene rings is 1. The second-order valence-corrected chi connectivity index (χ2v) is 9.76. The number of alkyl halides is 2. The number of anilines is 3. The normalized spacial score (nSPS) is 20.4. The summed E-state index contributed by atoms with van der Waals surface area (Å²) < 4.78 is 29.2. The number of nitrogens with one attached hydrogen (secondary N) is 1. The summed E-state index contributed by atoms with van der Waals surface area (Å²) in [6.45, 7) is 8.60. The first-order chi connectivity index (χ1) is 16.2. The Bertz CT molecular complexity index is 1230. The van der Waals surface area contributed by atoms with Crippen LogP contribution in [-0.2, 0) is 4.79 Å². The fourth-order valence-corrected chi connectivity index (χ4v) is 5.07. The Hall–Kier alpha value is -3.30. The molecule has 0 bridgehead atoms. The predicted octanol–water partition coefficient (Wildman–Crippen LogP) is 4.54. The van der Waals surface area contributed by atoms with Gasteiger partial charge in [0.2, 0.25) is 11.9 Å². The maximum Gasteiger partial charge on any atom is 0.263 e. The summed E-state index contributed by atoms with van der Waals surface area (Å²) >= 11 is 0. The summed E-state index contributed by atoms with van der Waals surface area (Å²) in [5, 5.41) is 8.08. The van der Waals surface area contributed by atoms with E-state index < -0.39 is 6.43 Å². The topological polar surface area (TPSA) is 79.2 Å². The highest BCUT2D eigenvalue weighted by molar-refractivity contribution is 5.92. The number of likely N-dealkylation sites (tertiary alicyclic amines) is 1. The zero-order valence-electron chi connectivity index (χ0n) is 19.6. The molecule has 8 nitrogen and oxygen atoms in total. The number of aromatic nitrogens is 4. The third kappa shape index (κ3) is 4.17. The molecule has 1 atom stereocenters. The van der Waals surface area contributed by atoms with Crippen LogP contribution in [0.4, 0.5) is 26.1 Å². The number of amides is 1. The van der Waals surface area contributed by atoms with E-state index >= 15 is 0 Å². The second kappa shape index (κ2) is 8.48. The molecule has 2 fully saturated rings.